The third kappa shape index (κ3) is 4.84. The summed E-state index contributed by atoms with van der Waals surface area (Å²) in [6.45, 7) is 8.28. The molecule has 2 rings (SSSR count). The first-order valence-corrected chi connectivity index (χ1v) is 7.44. The molecule has 0 spiro atoms. The van der Waals surface area contributed by atoms with Gasteiger partial charge in [0.05, 0.1) is 6.10 Å². The van der Waals surface area contributed by atoms with E-state index in [0.29, 0.717) is 6.10 Å². The Hall–Kier alpha value is -0.160. The van der Waals surface area contributed by atoms with E-state index in [1.54, 1.807) is 0 Å². The smallest absolute Gasteiger partial charge is 0.0599 e. The largest absolute Gasteiger partial charge is 0.381 e. The van der Waals surface area contributed by atoms with Gasteiger partial charge in [0, 0.05) is 25.4 Å². The lowest BCUT2D eigenvalue weighted by molar-refractivity contribution is 0.0262. The zero-order valence-corrected chi connectivity index (χ0v) is 11.7. The van der Waals surface area contributed by atoms with Crippen LogP contribution in [-0.4, -0.2) is 51.1 Å². The van der Waals surface area contributed by atoms with Crippen molar-refractivity contribution >= 4 is 0 Å². The van der Waals surface area contributed by atoms with Crippen molar-refractivity contribution in [2.75, 3.05) is 39.5 Å². The fourth-order valence-corrected chi connectivity index (χ4v) is 2.67. The molecular formula is C14H28N2O2. The number of piperidine rings is 1. The van der Waals surface area contributed by atoms with E-state index >= 15 is 0 Å². The van der Waals surface area contributed by atoms with Gasteiger partial charge in [-0.05, 0) is 58.7 Å². The fourth-order valence-electron chi connectivity index (χ4n) is 2.67. The summed E-state index contributed by atoms with van der Waals surface area (Å²) in [5.74, 6) is 0. The molecule has 0 atom stereocenters. The standard InChI is InChI=1S/C14H28N2O2/c1-14(5-11-17-12-6-14)16-7-2-10-18-13-3-8-15-9-4-13/h13,15-16H,2-12H2,1H3. The molecule has 2 aliphatic heterocycles. The van der Waals surface area contributed by atoms with Gasteiger partial charge >= 0.3 is 0 Å². The monoisotopic (exact) mass is 256 g/mol. The van der Waals surface area contributed by atoms with Gasteiger partial charge in [0.1, 0.15) is 0 Å². The van der Waals surface area contributed by atoms with Crippen LogP contribution in [-0.2, 0) is 9.47 Å². The lowest BCUT2D eigenvalue weighted by Gasteiger charge is -2.34. The molecule has 0 aliphatic carbocycles. The lowest BCUT2D eigenvalue weighted by Crippen LogP contribution is -2.47. The Morgan fingerprint density at radius 1 is 1.28 bits per heavy atom. The molecule has 2 aliphatic rings. The number of hydrogen-bond donors (Lipinski definition) is 2. The second-order valence-electron chi connectivity index (χ2n) is 5.77. The van der Waals surface area contributed by atoms with E-state index in [4.69, 9.17) is 9.47 Å². The van der Waals surface area contributed by atoms with Gasteiger partial charge in [-0.3, -0.25) is 0 Å². The summed E-state index contributed by atoms with van der Waals surface area (Å²) in [6, 6.07) is 0. The minimum atomic E-state index is 0.285. The van der Waals surface area contributed by atoms with Crippen molar-refractivity contribution in [2.45, 2.75) is 50.7 Å². The first kappa shape index (κ1) is 14.3. The number of rotatable bonds is 6. The van der Waals surface area contributed by atoms with Gasteiger partial charge in [0.2, 0.25) is 0 Å². The van der Waals surface area contributed by atoms with Crippen molar-refractivity contribution in [3.63, 3.8) is 0 Å². The van der Waals surface area contributed by atoms with E-state index in [2.05, 4.69) is 17.6 Å². The SMILES string of the molecule is CC1(NCCCOC2CCNCC2)CCOCC1. The molecule has 2 fully saturated rings. The maximum Gasteiger partial charge on any atom is 0.0599 e. The summed E-state index contributed by atoms with van der Waals surface area (Å²) >= 11 is 0. The molecule has 0 aromatic carbocycles. The molecule has 106 valence electrons. The molecule has 0 bridgehead atoms. The van der Waals surface area contributed by atoms with Gasteiger partial charge in [0.15, 0.2) is 0 Å². The van der Waals surface area contributed by atoms with Crippen molar-refractivity contribution < 1.29 is 9.47 Å². The van der Waals surface area contributed by atoms with E-state index in [1.807, 2.05) is 0 Å². The highest BCUT2D eigenvalue weighted by Crippen LogP contribution is 2.19. The summed E-state index contributed by atoms with van der Waals surface area (Å²) in [4.78, 5) is 0. The second-order valence-corrected chi connectivity index (χ2v) is 5.77. The Balaban J connectivity index is 1.50. The van der Waals surface area contributed by atoms with Crippen LogP contribution in [0, 0.1) is 0 Å². The molecule has 18 heavy (non-hydrogen) atoms. The normalized spacial score (nSPS) is 25.2. The fraction of sp³-hybridized carbons (Fsp3) is 1.00. The van der Waals surface area contributed by atoms with Crippen LogP contribution in [0.25, 0.3) is 0 Å². The molecule has 2 N–H and O–H groups in total. The molecule has 2 saturated heterocycles. The first-order valence-electron chi connectivity index (χ1n) is 7.44. The molecule has 0 unspecified atom stereocenters. The summed E-state index contributed by atoms with van der Waals surface area (Å²) in [5, 5.41) is 7.02. The minimum Gasteiger partial charge on any atom is -0.381 e. The van der Waals surface area contributed by atoms with Gasteiger partial charge in [-0.15, -0.1) is 0 Å². The zero-order chi connectivity index (χ0) is 12.7. The van der Waals surface area contributed by atoms with Crippen LogP contribution in [0.2, 0.25) is 0 Å². The molecule has 0 amide bonds. The first-order chi connectivity index (χ1) is 8.79. The predicted octanol–water partition coefficient (Wildman–Crippen LogP) is 1.30. The molecule has 4 nitrogen and oxygen atoms in total. The van der Waals surface area contributed by atoms with Crippen molar-refractivity contribution in [1.29, 1.82) is 0 Å². The third-order valence-corrected chi connectivity index (χ3v) is 4.11. The van der Waals surface area contributed by atoms with Gasteiger partial charge in [-0.1, -0.05) is 0 Å². The van der Waals surface area contributed by atoms with Crippen molar-refractivity contribution in [2.24, 2.45) is 0 Å². The van der Waals surface area contributed by atoms with Crippen LogP contribution in [0.5, 0.6) is 0 Å². The van der Waals surface area contributed by atoms with E-state index in [0.717, 1.165) is 58.7 Å². The highest BCUT2D eigenvalue weighted by molar-refractivity contribution is 4.85. The Bertz CT molecular complexity index is 224. The summed E-state index contributed by atoms with van der Waals surface area (Å²) in [5.41, 5.74) is 0.285. The van der Waals surface area contributed by atoms with Crippen LogP contribution >= 0.6 is 0 Å². The predicted molar refractivity (Wildman–Crippen MR) is 72.9 cm³/mol. The minimum absolute atomic E-state index is 0.285. The maximum absolute atomic E-state index is 5.90. The summed E-state index contributed by atoms with van der Waals surface area (Å²) in [7, 11) is 0. The zero-order valence-electron chi connectivity index (χ0n) is 11.7. The van der Waals surface area contributed by atoms with Gasteiger partial charge in [-0.25, -0.2) is 0 Å². The Morgan fingerprint density at radius 3 is 2.72 bits per heavy atom. The molecule has 0 radical (unpaired) electrons. The maximum atomic E-state index is 5.90. The van der Waals surface area contributed by atoms with Crippen molar-refractivity contribution in [3.8, 4) is 0 Å². The van der Waals surface area contributed by atoms with E-state index in [1.165, 1.54) is 12.8 Å². The summed E-state index contributed by atoms with van der Waals surface area (Å²) < 4.78 is 11.3. The molecule has 0 aromatic heterocycles. The van der Waals surface area contributed by atoms with Gasteiger partial charge in [-0.2, -0.15) is 0 Å². The molecule has 0 aromatic rings. The second kappa shape index (κ2) is 7.43. The van der Waals surface area contributed by atoms with Crippen LogP contribution < -0.4 is 10.6 Å². The van der Waals surface area contributed by atoms with Gasteiger partial charge in [0.25, 0.3) is 0 Å². The number of ether oxygens (including phenoxy) is 2. The van der Waals surface area contributed by atoms with E-state index < -0.39 is 0 Å². The molecular weight excluding hydrogens is 228 g/mol. The molecule has 0 saturated carbocycles. The Kier molecular flexibility index (Phi) is 5.89. The average Bonchev–Trinajstić information content (AvgIpc) is 2.40. The Labute approximate surface area is 111 Å². The van der Waals surface area contributed by atoms with Crippen LogP contribution in [0.1, 0.15) is 39.0 Å². The third-order valence-electron chi connectivity index (χ3n) is 4.11. The topological polar surface area (TPSA) is 42.5 Å². The quantitative estimate of drug-likeness (QED) is 0.703. The number of hydrogen-bond acceptors (Lipinski definition) is 4. The summed E-state index contributed by atoms with van der Waals surface area (Å²) in [6.07, 6.45) is 6.19. The lowest BCUT2D eigenvalue weighted by atomic mass is 9.92. The highest BCUT2D eigenvalue weighted by Gasteiger charge is 2.26. The van der Waals surface area contributed by atoms with Gasteiger partial charge < -0.3 is 20.1 Å². The molecule has 4 heteroatoms. The molecule has 2 heterocycles. The van der Waals surface area contributed by atoms with E-state index in [-0.39, 0.29) is 5.54 Å². The van der Waals surface area contributed by atoms with E-state index in [9.17, 15) is 0 Å². The van der Waals surface area contributed by atoms with Crippen molar-refractivity contribution in [1.82, 2.24) is 10.6 Å². The average molecular weight is 256 g/mol. The number of nitrogens with one attached hydrogen (secondary N) is 2. The Morgan fingerprint density at radius 2 is 2.00 bits per heavy atom. The van der Waals surface area contributed by atoms with Crippen molar-refractivity contribution in [3.05, 3.63) is 0 Å². The van der Waals surface area contributed by atoms with Crippen LogP contribution in [0.4, 0.5) is 0 Å². The van der Waals surface area contributed by atoms with Crippen LogP contribution in [0.3, 0.4) is 0 Å². The highest BCUT2D eigenvalue weighted by atomic mass is 16.5. The van der Waals surface area contributed by atoms with Crippen LogP contribution in [0.15, 0.2) is 0 Å².